The summed E-state index contributed by atoms with van der Waals surface area (Å²) in [6, 6.07) is 16.8. The fourth-order valence-corrected chi connectivity index (χ4v) is 2.92. The molecule has 0 unspecified atom stereocenters. The van der Waals surface area contributed by atoms with Crippen LogP contribution in [0.5, 0.6) is 5.75 Å². The molecule has 0 amide bonds. The Morgan fingerprint density at radius 1 is 1.04 bits per heavy atom. The average molecular weight is 359 g/mol. The Balaban J connectivity index is 0.00000225. The molecule has 0 aliphatic heterocycles. The molecule has 2 aromatic carbocycles. The molecule has 3 nitrogen and oxygen atoms in total. The number of aromatic nitrogens is 2. The van der Waals surface area contributed by atoms with Gasteiger partial charge in [0.15, 0.2) is 0 Å². The Morgan fingerprint density at radius 3 is 2.44 bits per heavy atom. The van der Waals surface area contributed by atoms with Gasteiger partial charge in [0, 0.05) is 13.0 Å². The minimum atomic E-state index is 0. The van der Waals surface area contributed by atoms with Crippen molar-refractivity contribution in [3.63, 3.8) is 0 Å². The molecular formula is C21H27ClN2O. The van der Waals surface area contributed by atoms with Crippen molar-refractivity contribution < 1.29 is 4.74 Å². The predicted molar refractivity (Wildman–Crippen MR) is 107 cm³/mol. The second kappa shape index (κ2) is 8.91. The molecule has 0 saturated carbocycles. The first kappa shape index (κ1) is 19.3. The summed E-state index contributed by atoms with van der Waals surface area (Å²) in [5.41, 5.74) is 3.56. The summed E-state index contributed by atoms with van der Waals surface area (Å²) in [6.45, 7) is 8.21. The SMILES string of the molecule is CCCOc1ccc(Cn2c(CC(C)C)nc3ccccc32)cc1.Cl. The van der Waals surface area contributed by atoms with Crippen molar-refractivity contribution in [2.45, 2.75) is 40.2 Å². The molecule has 25 heavy (non-hydrogen) atoms. The maximum absolute atomic E-state index is 5.67. The lowest BCUT2D eigenvalue weighted by Gasteiger charge is -2.12. The molecule has 0 fully saturated rings. The Morgan fingerprint density at radius 2 is 1.76 bits per heavy atom. The molecule has 0 saturated heterocycles. The maximum Gasteiger partial charge on any atom is 0.119 e. The number of rotatable bonds is 7. The van der Waals surface area contributed by atoms with Gasteiger partial charge in [-0.05, 0) is 42.2 Å². The molecule has 3 rings (SSSR count). The molecule has 0 aliphatic carbocycles. The first-order valence-electron chi connectivity index (χ1n) is 8.83. The Kier molecular flexibility index (Phi) is 6.89. The second-order valence-corrected chi connectivity index (χ2v) is 6.69. The number of hydrogen-bond donors (Lipinski definition) is 0. The number of benzene rings is 2. The summed E-state index contributed by atoms with van der Waals surface area (Å²) in [5, 5.41) is 0. The number of para-hydroxylation sites is 2. The quantitative estimate of drug-likeness (QED) is 0.558. The van der Waals surface area contributed by atoms with E-state index in [2.05, 4.69) is 73.9 Å². The van der Waals surface area contributed by atoms with Gasteiger partial charge in [-0.15, -0.1) is 12.4 Å². The van der Waals surface area contributed by atoms with Crippen LogP contribution in [0.3, 0.4) is 0 Å². The van der Waals surface area contributed by atoms with Crippen LogP contribution in [-0.2, 0) is 13.0 Å². The molecule has 4 heteroatoms. The lowest BCUT2D eigenvalue weighted by atomic mass is 10.1. The normalized spacial score (nSPS) is 10.9. The lowest BCUT2D eigenvalue weighted by molar-refractivity contribution is 0.317. The molecule has 1 heterocycles. The van der Waals surface area contributed by atoms with Crippen LogP contribution >= 0.6 is 12.4 Å². The van der Waals surface area contributed by atoms with Crippen molar-refractivity contribution in [1.82, 2.24) is 9.55 Å². The van der Waals surface area contributed by atoms with E-state index >= 15 is 0 Å². The van der Waals surface area contributed by atoms with Crippen LogP contribution < -0.4 is 4.74 Å². The molecule has 0 atom stereocenters. The highest BCUT2D eigenvalue weighted by atomic mass is 35.5. The first-order valence-corrected chi connectivity index (χ1v) is 8.83. The van der Waals surface area contributed by atoms with E-state index in [1.165, 1.54) is 11.1 Å². The summed E-state index contributed by atoms with van der Waals surface area (Å²) in [7, 11) is 0. The van der Waals surface area contributed by atoms with Crippen LogP contribution in [0.1, 0.15) is 38.6 Å². The van der Waals surface area contributed by atoms with Gasteiger partial charge in [0.25, 0.3) is 0 Å². The topological polar surface area (TPSA) is 27.1 Å². The number of imidazole rings is 1. The molecule has 134 valence electrons. The van der Waals surface area contributed by atoms with Gasteiger partial charge in [-0.25, -0.2) is 4.98 Å². The number of nitrogens with zero attached hydrogens (tertiary/aromatic N) is 2. The average Bonchev–Trinajstić information content (AvgIpc) is 2.91. The van der Waals surface area contributed by atoms with E-state index in [9.17, 15) is 0 Å². The molecule has 1 aromatic heterocycles. The largest absolute Gasteiger partial charge is 0.494 e. The molecule has 0 aliphatic rings. The third-order valence-corrected chi connectivity index (χ3v) is 4.06. The highest BCUT2D eigenvalue weighted by molar-refractivity contribution is 5.85. The van der Waals surface area contributed by atoms with E-state index in [-0.39, 0.29) is 12.4 Å². The van der Waals surface area contributed by atoms with Gasteiger partial charge in [0.2, 0.25) is 0 Å². The predicted octanol–water partition coefficient (Wildman–Crippen LogP) is 5.49. The molecule has 0 radical (unpaired) electrons. The molecule has 0 N–H and O–H groups in total. The number of ether oxygens (including phenoxy) is 1. The van der Waals surface area contributed by atoms with Crippen molar-refractivity contribution in [3.05, 3.63) is 59.9 Å². The summed E-state index contributed by atoms with van der Waals surface area (Å²) in [4.78, 5) is 4.85. The van der Waals surface area contributed by atoms with Crippen molar-refractivity contribution in [2.24, 2.45) is 5.92 Å². The summed E-state index contributed by atoms with van der Waals surface area (Å²) in [6.07, 6.45) is 2.02. The van der Waals surface area contributed by atoms with Gasteiger partial charge in [0.05, 0.1) is 17.6 Å². The standard InChI is InChI=1S/C21H26N2O.ClH/c1-4-13-24-18-11-9-17(10-12-18)15-23-20-8-6-5-7-19(20)22-21(23)14-16(2)3;/h5-12,16H,4,13-15H2,1-3H3;1H. The van der Waals surface area contributed by atoms with E-state index in [1.807, 2.05) is 0 Å². The van der Waals surface area contributed by atoms with Gasteiger partial charge in [-0.3, -0.25) is 0 Å². The van der Waals surface area contributed by atoms with E-state index in [0.29, 0.717) is 5.92 Å². The molecular weight excluding hydrogens is 332 g/mol. The Labute approximate surface area is 156 Å². The number of fused-ring (bicyclic) bond motifs is 1. The highest BCUT2D eigenvalue weighted by Crippen LogP contribution is 2.21. The maximum atomic E-state index is 5.67. The number of halogens is 1. The zero-order valence-electron chi connectivity index (χ0n) is 15.2. The van der Waals surface area contributed by atoms with Crippen LogP contribution in [0.4, 0.5) is 0 Å². The van der Waals surface area contributed by atoms with Gasteiger partial charge in [0.1, 0.15) is 11.6 Å². The van der Waals surface area contributed by atoms with Gasteiger partial charge >= 0.3 is 0 Å². The fourth-order valence-electron chi connectivity index (χ4n) is 2.92. The second-order valence-electron chi connectivity index (χ2n) is 6.69. The van der Waals surface area contributed by atoms with Crippen molar-refractivity contribution in [1.29, 1.82) is 0 Å². The Hall–Kier alpha value is -2.00. The monoisotopic (exact) mass is 358 g/mol. The summed E-state index contributed by atoms with van der Waals surface area (Å²) >= 11 is 0. The third-order valence-electron chi connectivity index (χ3n) is 4.06. The van der Waals surface area contributed by atoms with E-state index in [1.54, 1.807) is 0 Å². The molecule has 3 aromatic rings. The van der Waals surface area contributed by atoms with Crippen LogP contribution in [-0.4, -0.2) is 16.2 Å². The number of hydrogen-bond acceptors (Lipinski definition) is 2. The van der Waals surface area contributed by atoms with Crippen molar-refractivity contribution in [2.75, 3.05) is 6.61 Å². The summed E-state index contributed by atoms with van der Waals surface area (Å²) in [5.74, 6) is 2.70. The van der Waals surface area contributed by atoms with Gasteiger partial charge < -0.3 is 9.30 Å². The van der Waals surface area contributed by atoms with Crippen molar-refractivity contribution >= 4 is 23.4 Å². The van der Waals surface area contributed by atoms with Gasteiger partial charge in [-0.2, -0.15) is 0 Å². The minimum absolute atomic E-state index is 0. The van der Waals surface area contributed by atoms with E-state index < -0.39 is 0 Å². The zero-order chi connectivity index (χ0) is 16.9. The highest BCUT2D eigenvalue weighted by Gasteiger charge is 2.12. The first-order chi connectivity index (χ1) is 11.7. The van der Waals surface area contributed by atoms with Crippen LogP contribution in [0.2, 0.25) is 0 Å². The molecule has 0 bridgehead atoms. The van der Waals surface area contributed by atoms with Crippen molar-refractivity contribution in [3.8, 4) is 5.75 Å². The van der Waals surface area contributed by atoms with Crippen LogP contribution in [0, 0.1) is 5.92 Å². The fraction of sp³-hybridized carbons (Fsp3) is 0.381. The van der Waals surface area contributed by atoms with Crippen LogP contribution in [0.15, 0.2) is 48.5 Å². The third kappa shape index (κ3) is 4.76. The lowest BCUT2D eigenvalue weighted by Crippen LogP contribution is -2.08. The minimum Gasteiger partial charge on any atom is -0.494 e. The molecule has 0 spiro atoms. The van der Waals surface area contributed by atoms with Crippen LogP contribution in [0.25, 0.3) is 11.0 Å². The Bertz CT molecular complexity index is 793. The zero-order valence-corrected chi connectivity index (χ0v) is 16.1. The smallest absolute Gasteiger partial charge is 0.119 e. The van der Waals surface area contributed by atoms with E-state index in [0.717, 1.165) is 43.1 Å². The van der Waals surface area contributed by atoms with E-state index in [4.69, 9.17) is 9.72 Å². The summed E-state index contributed by atoms with van der Waals surface area (Å²) < 4.78 is 8.02. The van der Waals surface area contributed by atoms with Gasteiger partial charge in [-0.1, -0.05) is 45.0 Å².